The average Bonchev–Trinajstić information content (AvgIpc) is 2.85. The van der Waals surface area contributed by atoms with Gasteiger partial charge in [0.1, 0.15) is 5.78 Å². The first-order chi connectivity index (χ1) is 10.9. The normalized spacial score (nSPS) is 52.2. The first kappa shape index (κ1) is 15.9. The molecule has 7 atom stereocenters. The fourth-order valence-electron chi connectivity index (χ4n) is 7.18. The quantitative estimate of drug-likeness (QED) is 0.722. The molecule has 4 rings (SSSR count). The summed E-state index contributed by atoms with van der Waals surface area (Å²) in [7, 11) is 0. The minimum Gasteiger partial charge on any atom is -0.393 e. The highest BCUT2D eigenvalue weighted by atomic mass is 16.3. The molecule has 4 aliphatic carbocycles. The van der Waals surface area contributed by atoms with Crippen LogP contribution in [0.3, 0.4) is 0 Å². The number of Topliss-reactive ketones (excluding diaryl/α,β-unsaturated/α-hetero) is 1. The van der Waals surface area contributed by atoms with Crippen LogP contribution in [0.4, 0.5) is 0 Å². The number of hydrogen-bond acceptors (Lipinski definition) is 2. The predicted octanol–water partition coefficient (Wildman–Crippen LogP) is 4.52. The SMILES string of the molecule is CC(=O)[C@@H]1CC=C2[C@@H]3CC[C@H]4CC(O)CC[C@]4(C)[C@H]3CC[C@@]21C. The molecule has 0 aliphatic heterocycles. The summed E-state index contributed by atoms with van der Waals surface area (Å²) in [5.74, 6) is 2.81. The molecule has 0 radical (unpaired) electrons. The maximum Gasteiger partial charge on any atom is 0.134 e. The van der Waals surface area contributed by atoms with Gasteiger partial charge >= 0.3 is 0 Å². The van der Waals surface area contributed by atoms with Gasteiger partial charge in [0.25, 0.3) is 0 Å². The van der Waals surface area contributed by atoms with Crippen LogP contribution < -0.4 is 0 Å². The summed E-state index contributed by atoms with van der Waals surface area (Å²) in [5, 5.41) is 10.1. The molecule has 3 saturated carbocycles. The molecule has 0 bridgehead atoms. The van der Waals surface area contributed by atoms with Crippen molar-refractivity contribution in [3.63, 3.8) is 0 Å². The Labute approximate surface area is 140 Å². The number of aliphatic hydroxyl groups excluding tert-OH is 1. The van der Waals surface area contributed by atoms with E-state index in [1.165, 1.54) is 32.1 Å². The summed E-state index contributed by atoms with van der Waals surface area (Å²) in [5.41, 5.74) is 2.20. The Morgan fingerprint density at radius 1 is 1.17 bits per heavy atom. The fourth-order valence-corrected chi connectivity index (χ4v) is 7.18. The van der Waals surface area contributed by atoms with Gasteiger partial charge in [0.2, 0.25) is 0 Å². The number of rotatable bonds is 1. The molecule has 0 aromatic rings. The zero-order chi connectivity index (χ0) is 16.4. The van der Waals surface area contributed by atoms with E-state index in [0.717, 1.165) is 25.2 Å². The summed E-state index contributed by atoms with van der Waals surface area (Å²) in [6, 6.07) is 0. The fraction of sp³-hybridized carbons (Fsp3) is 0.857. The molecule has 1 N–H and O–H groups in total. The zero-order valence-corrected chi connectivity index (χ0v) is 15.0. The van der Waals surface area contributed by atoms with E-state index in [1.54, 1.807) is 12.5 Å². The molecule has 2 heteroatoms. The van der Waals surface area contributed by atoms with E-state index in [-0.39, 0.29) is 17.4 Å². The third-order valence-corrected chi connectivity index (χ3v) is 8.53. The third-order valence-electron chi connectivity index (χ3n) is 8.53. The molecule has 3 fully saturated rings. The van der Waals surface area contributed by atoms with Gasteiger partial charge in [0.05, 0.1) is 6.10 Å². The van der Waals surface area contributed by atoms with Gasteiger partial charge in [0.15, 0.2) is 0 Å². The predicted molar refractivity (Wildman–Crippen MR) is 91.9 cm³/mol. The van der Waals surface area contributed by atoms with Gasteiger partial charge in [-0.2, -0.15) is 0 Å². The number of carbonyl (C=O) groups is 1. The van der Waals surface area contributed by atoms with Crippen molar-refractivity contribution >= 4 is 5.78 Å². The minimum absolute atomic E-state index is 0.0636. The zero-order valence-electron chi connectivity index (χ0n) is 15.0. The summed E-state index contributed by atoms with van der Waals surface area (Å²) < 4.78 is 0. The second-order valence-electron chi connectivity index (χ2n) is 9.44. The van der Waals surface area contributed by atoms with Crippen LogP contribution in [0.1, 0.15) is 72.1 Å². The van der Waals surface area contributed by atoms with Crippen LogP contribution in [0.2, 0.25) is 0 Å². The lowest BCUT2D eigenvalue weighted by Crippen LogP contribution is -2.52. The maximum atomic E-state index is 12.1. The Balaban J connectivity index is 1.64. The Kier molecular flexibility index (Phi) is 3.58. The van der Waals surface area contributed by atoms with Crippen molar-refractivity contribution in [1.29, 1.82) is 0 Å². The molecule has 2 nitrogen and oxygen atoms in total. The first-order valence-electron chi connectivity index (χ1n) is 9.75. The van der Waals surface area contributed by atoms with E-state index >= 15 is 0 Å². The van der Waals surface area contributed by atoms with Crippen LogP contribution in [0.5, 0.6) is 0 Å². The van der Waals surface area contributed by atoms with E-state index in [1.807, 2.05) is 0 Å². The van der Waals surface area contributed by atoms with Crippen molar-refractivity contribution < 1.29 is 9.90 Å². The van der Waals surface area contributed by atoms with E-state index < -0.39 is 0 Å². The van der Waals surface area contributed by atoms with Crippen LogP contribution in [0.15, 0.2) is 11.6 Å². The van der Waals surface area contributed by atoms with Crippen molar-refractivity contribution in [1.82, 2.24) is 0 Å². The van der Waals surface area contributed by atoms with Crippen molar-refractivity contribution in [2.24, 2.45) is 34.5 Å². The summed E-state index contributed by atoms with van der Waals surface area (Å²) in [6.07, 6.45) is 11.6. The van der Waals surface area contributed by atoms with Crippen LogP contribution in [-0.4, -0.2) is 17.0 Å². The molecule has 0 saturated heterocycles. The maximum absolute atomic E-state index is 12.1. The highest BCUT2D eigenvalue weighted by molar-refractivity contribution is 5.80. The number of ketones is 1. The Morgan fingerprint density at radius 3 is 2.70 bits per heavy atom. The standard InChI is InChI=1S/C21H32O2/c1-13(22)17-6-7-18-16-5-4-14-12-15(23)8-10-20(14,2)19(16)9-11-21(17,18)3/h7,14-17,19,23H,4-6,8-12H2,1-3H3/t14-,15?,16-,17-,19-,20-,21+/m0/s1. The third kappa shape index (κ3) is 2.13. The molecule has 1 unspecified atom stereocenters. The molecule has 0 heterocycles. The molecular formula is C21H32O2. The topological polar surface area (TPSA) is 37.3 Å². The number of fused-ring (bicyclic) bond motifs is 5. The van der Waals surface area contributed by atoms with Crippen molar-refractivity contribution in [2.75, 3.05) is 0 Å². The van der Waals surface area contributed by atoms with Gasteiger partial charge in [-0.05, 0) is 86.9 Å². The van der Waals surface area contributed by atoms with Crippen molar-refractivity contribution in [3.05, 3.63) is 11.6 Å². The van der Waals surface area contributed by atoms with E-state index in [9.17, 15) is 9.90 Å². The highest BCUT2D eigenvalue weighted by Gasteiger charge is 2.57. The lowest BCUT2D eigenvalue weighted by atomic mass is 9.46. The van der Waals surface area contributed by atoms with Crippen molar-refractivity contribution in [3.8, 4) is 0 Å². The van der Waals surface area contributed by atoms with Crippen molar-refractivity contribution in [2.45, 2.75) is 78.2 Å². The van der Waals surface area contributed by atoms with Gasteiger partial charge < -0.3 is 5.11 Å². The smallest absolute Gasteiger partial charge is 0.134 e. The number of aliphatic hydroxyl groups is 1. The van der Waals surface area contributed by atoms with Crippen LogP contribution in [0, 0.1) is 34.5 Å². The molecular weight excluding hydrogens is 284 g/mol. The summed E-state index contributed by atoms with van der Waals surface area (Å²) in [4.78, 5) is 12.1. The molecule has 0 aromatic carbocycles. The Morgan fingerprint density at radius 2 is 1.96 bits per heavy atom. The lowest BCUT2D eigenvalue weighted by molar-refractivity contribution is -0.125. The summed E-state index contributed by atoms with van der Waals surface area (Å²) >= 11 is 0. The monoisotopic (exact) mass is 316 g/mol. The molecule has 0 aromatic heterocycles. The number of allylic oxidation sites excluding steroid dienone is 2. The minimum atomic E-state index is -0.0636. The Bertz CT molecular complexity index is 550. The van der Waals surface area contributed by atoms with E-state index in [4.69, 9.17) is 0 Å². The lowest BCUT2D eigenvalue weighted by Gasteiger charge is -2.59. The van der Waals surface area contributed by atoms with Gasteiger partial charge in [-0.3, -0.25) is 4.79 Å². The molecule has 0 amide bonds. The highest BCUT2D eigenvalue weighted by Crippen LogP contribution is 2.65. The molecule has 0 spiro atoms. The number of carbonyl (C=O) groups excluding carboxylic acids is 1. The van der Waals surface area contributed by atoms with Gasteiger partial charge in [0, 0.05) is 5.92 Å². The molecule has 4 aliphatic rings. The van der Waals surface area contributed by atoms with Gasteiger partial charge in [-0.25, -0.2) is 0 Å². The average molecular weight is 316 g/mol. The summed E-state index contributed by atoms with van der Waals surface area (Å²) in [6.45, 7) is 6.67. The first-order valence-corrected chi connectivity index (χ1v) is 9.75. The Hall–Kier alpha value is -0.630. The van der Waals surface area contributed by atoms with Crippen LogP contribution >= 0.6 is 0 Å². The van der Waals surface area contributed by atoms with Crippen LogP contribution in [-0.2, 0) is 4.79 Å². The second-order valence-corrected chi connectivity index (χ2v) is 9.44. The van der Waals surface area contributed by atoms with E-state index in [2.05, 4.69) is 19.9 Å². The second kappa shape index (κ2) is 5.18. The largest absolute Gasteiger partial charge is 0.393 e. The van der Waals surface area contributed by atoms with Crippen LogP contribution in [0.25, 0.3) is 0 Å². The van der Waals surface area contributed by atoms with Gasteiger partial charge in [-0.1, -0.05) is 25.5 Å². The molecule has 23 heavy (non-hydrogen) atoms. The van der Waals surface area contributed by atoms with Gasteiger partial charge in [-0.15, -0.1) is 0 Å². The van der Waals surface area contributed by atoms with E-state index in [0.29, 0.717) is 23.0 Å². The number of hydrogen-bond donors (Lipinski definition) is 1. The molecule has 128 valence electrons.